The molecule has 1 saturated carbocycles. The molecule has 152 valence electrons. The maximum absolute atomic E-state index is 10.7. The van der Waals surface area contributed by atoms with Crippen LogP contribution in [-0.2, 0) is 4.74 Å². The Kier molecular flexibility index (Phi) is 5.07. The number of ether oxygens (including phenoxy) is 2. The van der Waals surface area contributed by atoms with Gasteiger partial charge in [0.1, 0.15) is 11.9 Å². The van der Waals surface area contributed by atoms with Crippen molar-refractivity contribution in [3.8, 4) is 5.75 Å². The first-order valence-corrected chi connectivity index (χ1v) is 11.0. The molecule has 0 bridgehead atoms. The summed E-state index contributed by atoms with van der Waals surface area (Å²) in [4.78, 5) is 2.43. The smallest absolute Gasteiger partial charge is 0.129 e. The standard InChI is InChI=1S/C23H32N2O3/c26-23(10-1-2-11-23)17-24-12-6-19(7-13-24)28-22-5-3-4-21-20(22)8-14-25(21)18-9-15-27-16-18/h3-5,8,14,18-19,26H,1-2,6-7,9-13,15-17H2. The van der Waals surface area contributed by atoms with Gasteiger partial charge in [-0.3, -0.25) is 0 Å². The zero-order chi connectivity index (χ0) is 19.0. The van der Waals surface area contributed by atoms with Crippen LogP contribution in [0.4, 0.5) is 0 Å². The van der Waals surface area contributed by atoms with E-state index in [1.807, 2.05) is 0 Å². The Balaban J connectivity index is 1.23. The average Bonchev–Trinajstić information content (AvgIpc) is 3.44. The van der Waals surface area contributed by atoms with Crippen LogP contribution in [0.5, 0.6) is 5.75 Å². The lowest BCUT2D eigenvalue weighted by molar-refractivity contribution is -0.00672. The van der Waals surface area contributed by atoms with E-state index < -0.39 is 5.60 Å². The first kappa shape index (κ1) is 18.5. The van der Waals surface area contributed by atoms with Crippen LogP contribution in [-0.4, -0.2) is 59.1 Å². The Morgan fingerprint density at radius 3 is 2.68 bits per heavy atom. The van der Waals surface area contributed by atoms with Gasteiger partial charge in [-0.05, 0) is 50.3 Å². The molecule has 2 saturated heterocycles. The van der Waals surface area contributed by atoms with E-state index in [2.05, 4.69) is 39.9 Å². The Labute approximate surface area is 167 Å². The highest BCUT2D eigenvalue weighted by molar-refractivity contribution is 5.86. The first-order valence-electron chi connectivity index (χ1n) is 11.0. The van der Waals surface area contributed by atoms with Gasteiger partial charge in [-0.25, -0.2) is 0 Å². The maximum atomic E-state index is 10.7. The third kappa shape index (κ3) is 3.68. The molecule has 2 aliphatic heterocycles. The van der Waals surface area contributed by atoms with Crippen molar-refractivity contribution >= 4 is 10.9 Å². The van der Waals surface area contributed by atoms with Crippen molar-refractivity contribution in [1.29, 1.82) is 0 Å². The van der Waals surface area contributed by atoms with Crippen molar-refractivity contribution in [2.75, 3.05) is 32.8 Å². The van der Waals surface area contributed by atoms with Crippen molar-refractivity contribution in [3.63, 3.8) is 0 Å². The van der Waals surface area contributed by atoms with Crippen LogP contribution < -0.4 is 4.74 Å². The lowest BCUT2D eigenvalue weighted by atomic mass is 9.99. The second-order valence-corrected chi connectivity index (χ2v) is 8.95. The van der Waals surface area contributed by atoms with Crippen LogP contribution in [0.1, 0.15) is 51.0 Å². The van der Waals surface area contributed by atoms with E-state index in [-0.39, 0.29) is 6.10 Å². The molecule has 1 aromatic carbocycles. The number of β-amino-alcohol motifs (C(OH)–C–C–N with tert-alkyl or cyclic N) is 1. The monoisotopic (exact) mass is 384 g/mol. The molecule has 0 amide bonds. The largest absolute Gasteiger partial charge is 0.490 e. The van der Waals surface area contributed by atoms with Gasteiger partial charge in [-0.15, -0.1) is 0 Å². The highest BCUT2D eigenvalue weighted by atomic mass is 16.5. The molecular weight excluding hydrogens is 352 g/mol. The molecule has 1 aromatic heterocycles. The molecule has 1 N–H and O–H groups in total. The number of piperidine rings is 1. The highest BCUT2D eigenvalue weighted by Crippen LogP contribution is 2.34. The molecule has 3 fully saturated rings. The lowest BCUT2D eigenvalue weighted by Crippen LogP contribution is -2.46. The molecule has 5 heteroatoms. The summed E-state index contributed by atoms with van der Waals surface area (Å²) in [6.45, 7) is 4.53. The summed E-state index contributed by atoms with van der Waals surface area (Å²) >= 11 is 0. The quantitative estimate of drug-likeness (QED) is 0.853. The molecule has 1 unspecified atom stereocenters. The topological polar surface area (TPSA) is 46.9 Å². The van der Waals surface area contributed by atoms with Crippen LogP contribution in [0.2, 0.25) is 0 Å². The van der Waals surface area contributed by atoms with E-state index in [1.165, 1.54) is 23.7 Å². The van der Waals surface area contributed by atoms with Crippen molar-refractivity contribution in [1.82, 2.24) is 9.47 Å². The zero-order valence-electron chi connectivity index (χ0n) is 16.7. The van der Waals surface area contributed by atoms with Gasteiger partial charge in [0.2, 0.25) is 0 Å². The van der Waals surface area contributed by atoms with Gasteiger partial charge in [0.05, 0.1) is 23.8 Å². The fraction of sp³-hybridized carbons (Fsp3) is 0.652. The minimum atomic E-state index is -0.438. The van der Waals surface area contributed by atoms with E-state index in [9.17, 15) is 5.11 Å². The van der Waals surface area contributed by atoms with Crippen LogP contribution in [0, 0.1) is 0 Å². The normalized spacial score (nSPS) is 26.2. The van der Waals surface area contributed by atoms with Gasteiger partial charge in [0.15, 0.2) is 0 Å². The average molecular weight is 385 g/mol. The fourth-order valence-corrected chi connectivity index (χ4v) is 5.30. The van der Waals surface area contributed by atoms with Gasteiger partial charge in [0.25, 0.3) is 0 Å². The van der Waals surface area contributed by atoms with Gasteiger partial charge in [-0.2, -0.15) is 0 Å². The number of hydrogen-bond acceptors (Lipinski definition) is 4. The molecular formula is C23H32N2O3. The Morgan fingerprint density at radius 2 is 1.93 bits per heavy atom. The second kappa shape index (κ2) is 7.69. The minimum Gasteiger partial charge on any atom is -0.490 e. The second-order valence-electron chi connectivity index (χ2n) is 8.95. The number of benzene rings is 1. The number of fused-ring (bicyclic) bond motifs is 1. The Morgan fingerprint density at radius 1 is 1.11 bits per heavy atom. The number of likely N-dealkylation sites (tertiary alicyclic amines) is 1. The molecule has 2 aromatic rings. The Bertz CT molecular complexity index is 797. The van der Waals surface area contributed by atoms with Crippen LogP contribution >= 0.6 is 0 Å². The molecule has 3 aliphatic rings. The number of hydrogen-bond donors (Lipinski definition) is 1. The van der Waals surface area contributed by atoms with Crippen molar-refractivity contribution in [2.24, 2.45) is 0 Å². The summed E-state index contributed by atoms with van der Waals surface area (Å²) < 4.78 is 14.4. The van der Waals surface area contributed by atoms with Crippen LogP contribution in [0.15, 0.2) is 30.5 Å². The van der Waals surface area contributed by atoms with E-state index in [0.717, 1.165) is 70.7 Å². The number of rotatable bonds is 5. The molecule has 5 nitrogen and oxygen atoms in total. The fourth-order valence-electron chi connectivity index (χ4n) is 5.30. The summed E-state index contributed by atoms with van der Waals surface area (Å²) in [5.74, 6) is 1.00. The summed E-state index contributed by atoms with van der Waals surface area (Å²) in [7, 11) is 0. The number of aliphatic hydroxyl groups is 1. The first-order chi connectivity index (χ1) is 13.7. The van der Waals surface area contributed by atoms with E-state index >= 15 is 0 Å². The summed E-state index contributed by atoms with van der Waals surface area (Å²) in [6.07, 6.45) is 9.87. The van der Waals surface area contributed by atoms with E-state index in [4.69, 9.17) is 9.47 Å². The van der Waals surface area contributed by atoms with E-state index in [1.54, 1.807) is 0 Å². The predicted molar refractivity (Wildman–Crippen MR) is 110 cm³/mol. The highest BCUT2D eigenvalue weighted by Gasteiger charge is 2.34. The van der Waals surface area contributed by atoms with Gasteiger partial charge in [-0.1, -0.05) is 18.9 Å². The molecule has 28 heavy (non-hydrogen) atoms. The van der Waals surface area contributed by atoms with E-state index in [0.29, 0.717) is 6.04 Å². The SMILES string of the molecule is OC1(CN2CCC(Oc3cccc4c3ccn4C3CCOC3)CC2)CCCC1. The summed E-state index contributed by atoms with van der Waals surface area (Å²) in [5.41, 5.74) is 0.806. The number of nitrogens with zero attached hydrogens (tertiary/aromatic N) is 2. The number of aromatic nitrogens is 1. The molecule has 0 spiro atoms. The molecule has 1 aliphatic carbocycles. The lowest BCUT2D eigenvalue weighted by Gasteiger charge is -2.36. The summed E-state index contributed by atoms with van der Waals surface area (Å²) in [6, 6.07) is 9.02. The van der Waals surface area contributed by atoms with Crippen molar-refractivity contribution < 1.29 is 14.6 Å². The molecule has 0 radical (unpaired) electrons. The van der Waals surface area contributed by atoms with Crippen molar-refractivity contribution in [2.45, 2.75) is 62.7 Å². The van der Waals surface area contributed by atoms with Gasteiger partial charge >= 0.3 is 0 Å². The van der Waals surface area contributed by atoms with Gasteiger partial charge < -0.3 is 24.0 Å². The molecule has 5 rings (SSSR count). The minimum absolute atomic E-state index is 0.262. The third-order valence-electron chi connectivity index (χ3n) is 6.90. The van der Waals surface area contributed by atoms with Crippen LogP contribution in [0.25, 0.3) is 10.9 Å². The third-order valence-corrected chi connectivity index (χ3v) is 6.90. The van der Waals surface area contributed by atoms with Gasteiger partial charge in [0, 0.05) is 37.8 Å². The zero-order valence-corrected chi connectivity index (χ0v) is 16.7. The van der Waals surface area contributed by atoms with Crippen molar-refractivity contribution in [3.05, 3.63) is 30.5 Å². The molecule has 3 heterocycles. The maximum Gasteiger partial charge on any atom is 0.129 e. The molecule has 1 atom stereocenters. The predicted octanol–water partition coefficient (Wildman–Crippen LogP) is 3.75. The van der Waals surface area contributed by atoms with Crippen LogP contribution in [0.3, 0.4) is 0 Å². The Hall–Kier alpha value is -1.56. The summed E-state index contributed by atoms with van der Waals surface area (Å²) in [5, 5.41) is 11.9.